The standard InChI is InChI=1S/C16H21ClFN3O.HI/c1-11-9-21(6-7-22-11)15(19)20-10-16(4-5-16)13-3-2-12(18)8-14(13)17;/h2-3,8,11H,4-7,9-10H2,1H3,(H2,19,20);1H. The van der Waals surface area contributed by atoms with E-state index in [1.165, 1.54) is 12.1 Å². The largest absolute Gasteiger partial charge is 0.375 e. The summed E-state index contributed by atoms with van der Waals surface area (Å²) in [6.45, 7) is 4.83. The zero-order chi connectivity index (χ0) is 15.7. The first kappa shape index (κ1) is 18.7. The van der Waals surface area contributed by atoms with Gasteiger partial charge in [0, 0.05) is 23.5 Å². The molecule has 128 valence electrons. The van der Waals surface area contributed by atoms with Crippen molar-refractivity contribution >= 4 is 41.5 Å². The molecular formula is C16H22ClFIN3O. The quantitative estimate of drug-likeness (QED) is 0.434. The van der Waals surface area contributed by atoms with Gasteiger partial charge in [0.1, 0.15) is 5.82 Å². The van der Waals surface area contributed by atoms with Gasteiger partial charge in [-0.15, -0.1) is 24.0 Å². The average Bonchev–Trinajstić information content (AvgIpc) is 3.25. The molecule has 0 bridgehead atoms. The molecule has 0 spiro atoms. The van der Waals surface area contributed by atoms with Crippen molar-refractivity contribution in [1.82, 2.24) is 4.90 Å². The van der Waals surface area contributed by atoms with Crippen molar-refractivity contribution in [3.05, 3.63) is 34.6 Å². The van der Waals surface area contributed by atoms with Gasteiger partial charge in [-0.1, -0.05) is 17.7 Å². The highest BCUT2D eigenvalue weighted by Crippen LogP contribution is 2.50. The second-order valence-corrected chi connectivity index (χ2v) is 6.61. The SMILES string of the molecule is CC1CN(C(N)=NCC2(c3ccc(F)cc3Cl)CC2)CCO1.I. The molecule has 1 saturated carbocycles. The second kappa shape index (κ2) is 7.53. The molecule has 2 N–H and O–H groups in total. The Morgan fingerprint density at radius 3 is 2.87 bits per heavy atom. The van der Waals surface area contributed by atoms with Crippen LogP contribution in [-0.2, 0) is 10.2 Å². The molecule has 0 radical (unpaired) electrons. The topological polar surface area (TPSA) is 50.8 Å². The molecule has 2 fully saturated rings. The van der Waals surface area contributed by atoms with Crippen LogP contribution < -0.4 is 5.73 Å². The van der Waals surface area contributed by atoms with Gasteiger partial charge < -0.3 is 15.4 Å². The number of morpholine rings is 1. The van der Waals surface area contributed by atoms with Gasteiger partial charge in [0.05, 0.1) is 19.3 Å². The third-order valence-corrected chi connectivity index (χ3v) is 4.78. The number of benzene rings is 1. The van der Waals surface area contributed by atoms with Crippen LogP contribution in [0.25, 0.3) is 0 Å². The van der Waals surface area contributed by atoms with Crippen LogP contribution >= 0.6 is 35.6 Å². The molecule has 0 amide bonds. The molecule has 1 unspecified atom stereocenters. The third-order valence-electron chi connectivity index (χ3n) is 4.46. The Bertz CT molecular complexity index is 595. The van der Waals surface area contributed by atoms with Gasteiger partial charge in [-0.2, -0.15) is 0 Å². The molecule has 1 aromatic rings. The molecule has 4 nitrogen and oxygen atoms in total. The Labute approximate surface area is 158 Å². The average molecular weight is 454 g/mol. The molecule has 1 saturated heterocycles. The minimum Gasteiger partial charge on any atom is -0.375 e. The van der Waals surface area contributed by atoms with Gasteiger partial charge in [0.15, 0.2) is 5.96 Å². The zero-order valence-electron chi connectivity index (χ0n) is 13.1. The highest BCUT2D eigenvalue weighted by molar-refractivity contribution is 14.0. The van der Waals surface area contributed by atoms with Crippen LogP contribution in [0.2, 0.25) is 5.02 Å². The summed E-state index contributed by atoms with van der Waals surface area (Å²) < 4.78 is 18.7. The first-order chi connectivity index (χ1) is 10.5. The van der Waals surface area contributed by atoms with Crippen LogP contribution in [0.15, 0.2) is 23.2 Å². The molecule has 7 heteroatoms. The molecule has 1 aliphatic heterocycles. The number of nitrogens with two attached hydrogens (primary N) is 1. The summed E-state index contributed by atoms with van der Waals surface area (Å²) in [5.41, 5.74) is 7.01. The van der Waals surface area contributed by atoms with E-state index in [1.54, 1.807) is 6.07 Å². The molecule has 2 aliphatic rings. The lowest BCUT2D eigenvalue weighted by molar-refractivity contribution is 0.00528. The number of guanidine groups is 1. The van der Waals surface area contributed by atoms with E-state index in [9.17, 15) is 4.39 Å². The second-order valence-electron chi connectivity index (χ2n) is 6.21. The van der Waals surface area contributed by atoms with E-state index in [0.717, 1.165) is 31.5 Å². The van der Waals surface area contributed by atoms with Crippen molar-refractivity contribution in [3.8, 4) is 0 Å². The number of hydrogen-bond donors (Lipinski definition) is 1. The van der Waals surface area contributed by atoms with Crippen molar-refractivity contribution < 1.29 is 9.13 Å². The van der Waals surface area contributed by atoms with Gasteiger partial charge in [-0.05, 0) is 37.5 Å². The number of aliphatic imine (C=N–C) groups is 1. The predicted octanol–water partition coefficient (Wildman–Crippen LogP) is 3.16. The first-order valence-corrected chi connectivity index (χ1v) is 8.00. The normalized spacial score (nSPS) is 23.3. The number of ether oxygens (including phenoxy) is 1. The van der Waals surface area contributed by atoms with Gasteiger partial charge in [-0.25, -0.2) is 4.39 Å². The number of rotatable bonds is 3. The zero-order valence-corrected chi connectivity index (χ0v) is 16.2. The third kappa shape index (κ3) is 4.28. The maximum absolute atomic E-state index is 13.2. The molecule has 0 aromatic heterocycles. The summed E-state index contributed by atoms with van der Waals surface area (Å²) >= 11 is 6.19. The number of hydrogen-bond acceptors (Lipinski definition) is 2. The van der Waals surface area contributed by atoms with Crippen LogP contribution in [0, 0.1) is 5.82 Å². The van der Waals surface area contributed by atoms with E-state index in [0.29, 0.717) is 24.1 Å². The lowest BCUT2D eigenvalue weighted by atomic mass is 9.96. The number of halogens is 3. The van der Waals surface area contributed by atoms with Crippen LogP contribution in [0.3, 0.4) is 0 Å². The van der Waals surface area contributed by atoms with Crippen LogP contribution in [-0.4, -0.2) is 43.2 Å². The van der Waals surface area contributed by atoms with E-state index in [4.69, 9.17) is 22.1 Å². The predicted molar refractivity (Wildman–Crippen MR) is 101 cm³/mol. The van der Waals surface area contributed by atoms with Gasteiger partial charge in [-0.3, -0.25) is 4.99 Å². The number of nitrogens with zero attached hydrogens (tertiary/aromatic N) is 2. The maximum atomic E-state index is 13.2. The summed E-state index contributed by atoms with van der Waals surface area (Å²) in [6.07, 6.45) is 2.19. The fraction of sp³-hybridized carbons (Fsp3) is 0.562. The van der Waals surface area contributed by atoms with Crippen molar-refractivity contribution in [2.75, 3.05) is 26.2 Å². The minimum atomic E-state index is -0.310. The van der Waals surface area contributed by atoms with Crippen LogP contribution in [0.5, 0.6) is 0 Å². The van der Waals surface area contributed by atoms with E-state index in [1.807, 2.05) is 6.92 Å². The molecule has 1 heterocycles. The van der Waals surface area contributed by atoms with Crippen molar-refractivity contribution in [2.24, 2.45) is 10.7 Å². The minimum absolute atomic E-state index is 0. The van der Waals surface area contributed by atoms with E-state index in [-0.39, 0.29) is 41.3 Å². The van der Waals surface area contributed by atoms with Crippen molar-refractivity contribution in [2.45, 2.75) is 31.3 Å². The lowest BCUT2D eigenvalue weighted by Crippen LogP contribution is -2.48. The lowest BCUT2D eigenvalue weighted by Gasteiger charge is -2.32. The van der Waals surface area contributed by atoms with E-state index in [2.05, 4.69) is 9.89 Å². The summed E-state index contributed by atoms with van der Waals surface area (Å²) in [7, 11) is 0. The van der Waals surface area contributed by atoms with Crippen molar-refractivity contribution in [1.29, 1.82) is 0 Å². The summed E-state index contributed by atoms with van der Waals surface area (Å²) in [5, 5.41) is 0.478. The highest BCUT2D eigenvalue weighted by Gasteiger charge is 2.45. The molecule has 1 aromatic carbocycles. The Morgan fingerprint density at radius 2 is 2.26 bits per heavy atom. The van der Waals surface area contributed by atoms with Gasteiger partial charge >= 0.3 is 0 Å². The maximum Gasteiger partial charge on any atom is 0.191 e. The van der Waals surface area contributed by atoms with E-state index >= 15 is 0 Å². The highest BCUT2D eigenvalue weighted by atomic mass is 127. The Morgan fingerprint density at radius 1 is 1.52 bits per heavy atom. The first-order valence-electron chi connectivity index (χ1n) is 7.62. The van der Waals surface area contributed by atoms with E-state index < -0.39 is 0 Å². The Kier molecular flexibility index (Phi) is 6.13. The molecule has 23 heavy (non-hydrogen) atoms. The Balaban J connectivity index is 0.00000192. The summed E-state index contributed by atoms with van der Waals surface area (Å²) in [4.78, 5) is 6.62. The molecule has 1 aliphatic carbocycles. The molecule has 3 rings (SSSR count). The molecular weight excluding hydrogens is 432 g/mol. The summed E-state index contributed by atoms with van der Waals surface area (Å²) in [6, 6.07) is 4.60. The van der Waals surface area contributed by atoms with Crippen LogP contribution in [0.1, 0.15) is 25.3 Å². The Hall–Kier alpha value is -0.600. The fourth-order valence-corrected chi connectivity index (χ4v) is 3.31. The molecule has 1 atom stereocenters. The smallest absolute Gasteiger partial charge is 0.191 e. The van der Waals surface area contributed by atoms with Crippen LogP contribution in [0.4, 0.5) is 4.39 Å². The van der Waals surface area contributed by atoms with Crippen molar-refractivity contribution in [3.63, 3.8) is 0 Å². The monoisotopic (exact) mass is 453 g/mol. The summed E-state index contributed by atoms with van der Waals surface area (Å²) in [5.74, 6) is 0.245. The van der Waals surface area contributed by atoms with Gasteiger partial charge in [0.25, 0.3) is 0 Å². The fourth-order valence-electron chi connectivity index (χ4n) is 2.94. The van der Waals surface area contributed by atoms with Gasteiger partial charge in [0.2, 0.25) is 0 Å².